The lowest BCUT2D eigenvalue weighted by molar-refractivity contribution is 0.269. The summed E-state index contributed by atoms with van der Waals surface area (Å²) >= 11 is 0. The van der Waals surface area contributed by atoms with E-state index in [0.29, 0.717) is 0 Å². The molecule has 3 N–H and O–H groups in total. The lowest BCUT2D eigenvalue weighted by Crippen LogP contribution is -2.20. The highest BCUT2D eigenvalue weighted by Gasteiger charge is 1.91. The Bertz CT molecular complexity index is 46.8. The normalized spacial score (nSPS) is 13.7. The number of hydrogen-bond acceptors (Lipinski definition) is 4. The lowest BCUT2D eigenvalue weighted by Gasteiger charge is -1.88. The van der Waals surface area contributed by atoms with E-state index in [1.54, 1.807) is 0 Å². The summed E-state index contributed by atoms with van der Waals surface area (Å²) in [5.41, 5.74) is 4.74. The van der Waals surface area contributed by atoms with Crippen molar-refractivity contribution in [1.29, 1.82) is 0 Å². The minimum Gasteiger partial charge on any atom is -0.393 e. The zero-order valence-electron chi connectivity index (χ0n) is 3.16. The van der Waals surface area contributed by atoms with Crippen LogP contribution in [-0.2, 0) is 0 Å². The Morgan fingerprint density at radius 1 is 2.00 bits per heavy atom. The van der Waals surface area contributed by atoms with Crippen molar-refractivity contribution in [3.8, 4) is 0 Å². The topological polar surface area (TPSA) is 75.7 Å². The molecule has 0 radical (unpaired) electrons. The molecule has 0 aromatic carbocycles. The van der Waals surface area contributed by atoms with Gasteiger partial charge in [0.25, 0.3) is 0 Å². The first-order chi connectivity index (χ1) is 2.81. The minimum atomic E-state index is -0.940. The Labute approximate surface area is 34.9 Å². The second kappa shape index (κ2) is 2.74. The highest BCUT2D eigenvalue weighted by molar-refractivity contribution is 4.49. The molecule has 0 amide bonds. The molecule has 1 unspecified atom stereocenters. The largest absolute Gasteiger partial charge is 0.393 e. The van der Waals surface area contributed by atoms with Crippen LogP contribution in [-0.4, -0.2) is 17.9 Å². The summed E-state index contributed by atoms with van der Waals surface area (Å²) in [5.74, 6) is 0. The summed E-state index contributed by atoms with van der Waals surface area (Å²) in [4.78, 5) is 9.20. The fraction of sp³-hybridized carbons (Fsp3) is 1.00. The average Bonchev–Trinajstić information content (AvgIpc) is 1.65. The molecule has 0 bridgehead atoms. The molecule has 0 saturated heterocycles. The van der Waals surface area contributed by atoms with Gasteiger partial charge in [-0.05, 0) is 5.18 Å². The molecule has 0 saturated carbocycles. The molecule has 0 aliphatic carbocycles. The van der Waals surface area contributed by atoms with Gasteiger partial charge in [-0.1, -0.05) is 0 Å². The first kappa shape index (κ1) is 5.52. The van der Waals surface area contributed by atoms with Gasteiger partial charge in [0.2, 0.25) is 0 Å². The summed E-state index contributed by atoms with van der Waals surface area (Å²) < 4.78 is 0. The first-order valence-electron chi connectivity index (χ1n) is 1.50. The van der Waals surface area contributed by atoms with Crippen LogP contribution in [0.15, 0.2) is 5.18 Å². The predicted molar refractivity (Wildman–Crippen MR) is 20.9 cm³/mol. The van der Waals surface area contributed by atoms with Crippen molar-refractivity contribution in [2.75, 3.05) is 6.61 Å². The van der Waals surface area contributed by atoms with Gasteiger partial charge in [0.1, 0.15) is 0 Å². The van der Waals surface area contributed by atoms with E-state index >= 15 is 0 Å². The number of aliphatic hydroxyl groups excluding tert-OH is 1. The molecule has 0 heterocycles. The van der Waals surface area contributed by atoms with Crippen LogP contribution < -0.4 is 5.73 Å². The Kier molecular flexibility index (Phi) is 2.52. The zero-order chi connectivity index (χ0) is 4.99. The highest BCUT2D eigenvalue weighted by atomic mass is 16.3. The van der Waals surface area contributed by atoms with E-state index < -0.39 is 6.17 Å². The van der Waals surface area contributed by atoms with Gasteiger partial charge in [-0.15, -0.1) is 4.91 Å². The van der Waals surface area contributed by atoms with Gasteiger partial charge >= 0.3 is 0 Å². The summed E-state index contributed by atoms with van der Waals surface area (Å²) in [5, 5.41) is 10.2. The minimum absolute atomic E-state index is 0.372. The monoisotopic (exact) mass is 90.0 g/mol. The van der Waals surface area contributed by atoms with Crippen molar-refractivity contribution in [2.45, 2.75) is 6.17 Å². The van der Waals surface area contributed by atoms with Gasteiger partial charge in [0, 0.05) is 0 Å². The fourth-order valence-corrected chi connectivity index (χ4v) is 0.0333. The summed E-state index contributed by atoms with van der Waals surface area (Å²) in [7, 11) is 0. The van der Waals surface area contributed by atoms with E-state index in [1.165, 1.54) is 0 Å². The van der Waals surface area contributed by atoms with Crippen molar-refractivity contribution in [3.63, 3.8) is 0 Å². The number of aliphatic hydroxyl groups is 1. The van der Waals surface area contributed by atoms with Crippen LogP contribution in [0.4, 0.5) is 0 Å². The number of nitrogens with zero attached hydrogens (tertiary/aromatic N) is 1. The van der Waals surface area contributed by atoms with Crippen LogP contribution in [0.3, 0.4) is 0 Å². The Balaban J connectivity index is 2.96. The van der Waals surface area contributed by atoms with Crippen LogP contribution in [0.1, 0.15) is 0 Å². The highest BCUT2D eigenvalue weighted by Crippen LogP contribution is 1.70. The maximum atomic E-state index is 9.20. The van der Waals surface area contributed by atoms with Crippen molar-refractivity contribution in [2.24, 2.45) is 10.9 Å². The van der Waals surface area contributed by atoms with Crippen LogP contribution >= 0.6 is 0 Å². The van der Waals surface area contributed by atoms with E-state index in [0.717, 1.165) is 0 Å². The molecule has 0 aliphatic rings. The van der Waals surface area contributed by atoms with E-state index in [4.69, 9.17) is 10.8 Å². The summed E-state index contributed by atoms with van der Waals surface area (Å²) in [6.07, 6.45) is -0.940. The molecule has 4 nitrogen and oxygen atoms in total. The molecular weight excluding hydrogens is 84.0 g/mol. The van der Waals surface area contributed by atoms with Crippen LogP contribution in [0, 0.1) is 4.91 Å². The van der Waals surface area contributed by atoms with Gasteiger partial charge in [-0.2, -0.15) is 0 Å². The number of hydrogen-bond donors (Lipinski definition) is 2. The third-order valence-corrected chi connectivity index (χ3v) is 0.322. The second-order valence-electron chi connectivity index (χ2n) is 0.855. The van der Waals surface area contributed by atoms with E-state index in [1.807, 2.05) is 0 Å². The molecule has 0 aromatic rings. The molecule has 0 rings (SSSR count). The van der Waals surface area contributed by atoms with E-state index in [2.05, 4.69) is 5.18 Å². The molecule has 36 valence electrons. The Hall–Kier alpha value is -0.480. The fourth-order valence-electron chi connectivity index (χ4n) is 0.0333. The van der Waals surface area contributed by atoms with E-state index in [9.17, 15) is 4.91 Å². The molecule has 4 heteroatoms. The number of rotatable bonds is 2. The second-order valence-corrected chi connectivity index (χ2v) is 0.855. The standard InChI is InChI=1S/C2H6N2O2/c3-2(1-5)4-6/h2,5H,1,3H2. The average molecular weight is 90.1 g/mol. The van der Waals surface area contributed by atoms with Crippen LogP contribution in [0.25, 0.3) is 0 Å². The van der Waals surface area contributed by atoms with Crippen molar-refractivity contribution in [3.05, 3.63) is 4.91 Å². The third-order valence-electron chi connectivity index (χ3n) is 0.322. The van der Waals surface area contributed by atoms with Gasteiger partial charge in [0.15, 0.2) is 6.17 Å². The maximum absolute atomic E-state index is 9.20. The third kappa shape index (κ3) is 1.80. The van der Waals surface area contributed by atoms with Gasteiger partial charge in [-0.3, -0.25) is 0 Å². The molecule has 1 atom stereocenters. The SMILES string of the molecule is NC(CO)N=O. The van der Waals surface area contributed by atoms with Crippen molar-refractivity contribution < 1.29 is 5.11 Å². The smallest absolute Gasteiger partial charge is 0.163 e. The zero-order valence-corrected chi connectivity index (χ0v) is 3.16. The molecule has 6 heavy (non-hydrogen) atoms. The van der Waals surface area contributed by atoms with Crippen molar-refractivity contribution in [1.82, 2.24) is 0 Å². The van der Waals surface area contributed by atoms with Crippen LogP contribution in [0.5, 0.6) is 0 Å². The van der Waals surface area contributed by atoms with Gasteiger partial charge < -0.3 is 10.8 Å². The molecular formula is C2H6N2O2. The van der Waals surface area contributed by atoms with Crippen LogP contribution in [0.2, 0.25) is 0 Å². The lowest BCUT2D eigenvalue weighted by atomic mass is 10.6. The molecule has 0 spiro atoms. The van der Waals surface area contributed by atoms with Crippen molar-refractivity contribution >= 4 is 0 Å². The molecule has 0 aliphatic heterocycles. The first-order valence-corrected chi connectivity index (χ1v) is 1.50. The van der Waals surface area contributed by atoms with Gasteiger partial charge in [-0.25, -0.2) is 0 Å². The predicted octanol–water partition coefficient (Wildman–Crippen LogP) is -0.970. The number of nitroso groups, excluding NO2 is 1. The quantitative estimate of drug-likeness (QED) is 0.428. The Morgan fingerprint density at radius 2 is 2.50 bits per heavy atom. The molecule has 0 aromatic heterocycles. The maximum Gasteiger partial charge on any atom is 0.163 e. The summed E-state index contributed by atoms with van der Waals surface area (Å²) in [6, 6.07) is 0. The summed E-state index contributed by atoms with van der Waals surface area (Å²) in [6.45, 7) is -0.372. The number of nitrogens with two attached hydrogens (primary N) is 1. The van der Waals surface area contributed by atoms with Gasteiger partial charge in [0.05, 0.1) is 6.61 Å². The Morgan fingerprint density at radius 3 is 2.50 bits per heavy atom. The van der Waals surface area contributed by atoms with E-state index in [-0.39, 0.29) is 6.61 Å². The molecule has 0 fully saturated rings.